The van der Waals surface area contributed by atoms with Crippen LogP contribution < -0.4 is 15.0 Å². The van der Waals surface area contributed by atoms with Crippen molar-refractivity contribution in [2.24, 2.45) is 0 Å². The molecule has 2 aromatic heterocycles. The van der Waals surface area contributed by atoms with Gasteiger partial charge in [-0.2, -0.15) is 9.97 Å². The molecule has 4 atom stereocenters. The molecule has 9 nitrogen and oxygen atoms in total. The zero-order chi connectivity index (χ0) is 30.9. The zero-order valence-electron chi connectivity index (χ0n) is 24.8. The molecule has 4 aliphatic heterocycles. The number of aromatic hydroxyl groups is 1. The summed E-state index contributed by atoms with van der Waals surface area (Å²) in [6.07, 6.45) is 9.13. The first-order valence-corrected chi connectivity index (χ1v) is 15.6. The molecule has 45 heavy (non-hydrogen) atoms. The molecule has 4 aliphatic rings. The van der Waals surface area contributed by atoms with E-state index in [2.05, 4.69) is 31.0 Å². The Hall–Kier alpha value is -4.11. The summed E-state index contributed by atoms with van der Waals surface area (Å²) in [5.74, 6) is 2.29. The number of terminal acetylenes is 1. The molecule has 11 heteroatoms. The molecule has 0 radical (unpaired) electrons. The van der Waals surface area contributed by atoms with Gasteiger partial charge < -0.3 is 25.2 Å². The van der Waals surface area contributed by atoms with Crippen molar-refractivity contribution in [2.45, 2.75) is 62.5 Å². The van der Waals surface area contributed by atoms with Crippen molar-refractivity contribution in [1.82, 2.24) is 25.2 Å². The Morgan fingerprint density at radius 2 is 1.93 bits per heavy atom. The number of phenols is 1. The van der Waals surface area contributed by atoms with E-state index in [9.17, 15) is 14.6 Å². The Labute approximate surface area is 259 Å². The molecule has 2 aromatic carbocycles. The van der Waals surface area contributed by atoms with Crippen molar-refractivity contribution in [2.75, 3.05) is 37.7 Å². The molecule has 0 saturated carbocycles. The number of hydrogen-bond acceptors (Lipinski definition) is 9. The first-order chi connectivity index (χ1) is 21.9. The van der Waals surface area contributed by atoms with E-state index in [0.717, 1.165) is 32.2 Å². The van der Waals surface area contributed by atoms with E-state index in [0.29, 0.717) is 53.6 Å². The van der Waals surface area contributed by atoms with Gasteiger partial charge in [0.05, 0.1) is 23.2 Å². The summed E-state index contributed by atoms with van der Waals surface area (Å²) in [5, 5.41) is 26.3. The fourth-order valence-electron chi connectivity index (χ4n) is 8.13. The van der Waals surface area contributed by atoms with E-state index in [-0.39, 0.29) is 52.9 Å². The number of ether oxygens (including phenoxy) is 1. The maximum atomic E-state index is 17.0. The topological polar surface area (TPSA) is 107 Å². The van der Waals surface area contributed by atoms with Crippen molar-refractivity contribution >= 4 is 27.5 Å². The molecule has 4 saturated heterocycles. The second kappa shape index (κ2) is 10.8. The molecule has 0 amide bonds. The number of aromatic nitrogens is 3. The van der Waals surface area contributed by atoms with Gasteiger partial charge in [0.15, 0.2) is 5.82 Å². The largest absolute Gasteiger partial charge is 0.508 e. The number of nitrogens with zero attached hydrogens (tertiary/aromatic N) is 5. The van der Waals surface area contributed by atoms with Crippen LogP contribution in [0.4, 0.5) is 14.6 Å². The lowest BCUT2D eigenvalue weighted by atomic mass is 9.95. The van der Waals surface area contributed by atoms with E-state index in [4.69, 9.17) is 16.1 Å². The zero-order valence-corrected chi connectivity index (χ0v) is 24.8. The lowest BCUT2D eigenvalue weighted by Crippen LogP contribution is -2.51. The summed E-state index contributed by atoms with van der Waals surface area (Å²) in [6.45, 7) is 2.21. The highest BCUT2D eigenvalue weighted by molar-refractivity contribution is 6.03. The number of pyridine rings is 1. The predicted molar refractivity (Wildman–Crippen MR) is 166 cm³/mol. The highest BCUT2D eigenvalue weighted by atomic mass is 19.1. The van der Waals surface area contributed by atoms with Crippen LogP contribution in [0.15, 0.2) is 30.3 Å². The summed E-state index contributed by atoms with van der Waals surface area (Å²) < 4.78 is 37.7. The van der Waals surface area contributed by atoms with E-state index >= 15 is 4.39 Å². The average Bonchev–Trinajstić information content (AvgIpc) is 3.69. The standard InChI is InChI=1S/C34H34F2N6O3/c1-2-19-5-3-6-20-11-24(44)12-25(27(19)20)30-29(36)31-28(26(17-43)38-30)32(41-15-22-7-8-23(16-41)37-22)40-33(39-31)45-18-34-9-4-10-42(34)14-21(35)13-34/h1,3,5-6,11-12,21-23,37,43-44H,4,7-10,13-18H2/t21-,22?,23?,34+/m1/s1. The highest BCUT2D eigenvalue weighted by Gasteiger charge is 2.49. The van der Waals surface area contributed by atoms with Crippen LogP contribution in [0.1, 0.15) is 43.4 Å². The Morgan fingerprint density at radius 1 is 1.11 bits per heavy atom. The maximum absolute atomic E-state index is 17.0. The third-order valence-corrected chi connectivity index (χ3v) is 10.1. The number of rotatable bonds is 6. The molecular weight excluding hydrogens is 578 g/mol. The summed E-state index contributed by atoms with van der Waals surface area (Å²) in [6, 6.07) is 8.82. The Morgan fingerprint density at radius 3 is 2.71 bits per heavy atom. The molecule has 2 bridgehead atoms. The van der Waals surface area contributed by atoms with Crippen LogP contribution in [0.3, 0.4) is 0 Å². The number of hydrogen-bond donors (Lipinski definition) is 3. The normalized spacial score (nSPS) is 26.1. The van der Waals surface area contributed by atoms with E-state index in [1.165, 1.54) is 6.07 Å². The number of halogens is 2. The Kier molecular flexibility index (Phi) is 6.78. The van der Waals surface area contributed by atoms with Crippen molar-refractivity contribution < 1.29 is 23.7 Å². The van der Waals surface area contributed by atoms with Gasteiger partial charge in [0.1, 0.15) is 35.6 Å². The number of nitrogens with one attached hydrogen (secondary N) is 1. The number of fused-ring (bicyclic) bond motifs is 5. The number of benzene rings is 2. The Balaban J connectivity index is 1.31. The third-order valence-electron chi connectivity index (χ3n) is 10.1. The van der Waals surface area contributed by atoms with Crippen LogP contribution in [0.2, 0.25) is 0 Å². The van der Waals surface area contributed by atoms with Gasteiger partial charge in [-0.25, -0.2) is 13.8 Å². The number of aliphatic hydroxyl groups excluding tert-OH is 1. The smallest absolute Gasteiger partial charge is 0.319 e. The van der Waals surface area contributed by atoms with Gasteiger partial charge >= 0.3 is 6.01 Å². The molecule has 0 spiro atoms. The van der Waals surface area contributed by atoms with Gasteiger partial charge in [0, 0.05) is 54.7 Å². The van der Waals surface area contributed by atoms with Gasteiger partial charge in [-0.1, -0.05) is 18.1 Å². The number of alkyl halides is 1. The molecule has 4 fully saturated rings. The van der Waals surface area contributed by atoms with Crippen molar-refractivity contribution in [1.29, 1.82) is 0 Å². The lowest BCUT2D eigenvalue weighted by molar-refractivity contribution is 0.107. The van der Waals surface area contributed by atoms with Gasteiger partial charge in [0.2, 0.25) is 0 Å². The van der Waals surface area contributed by atoms with Crippen LogP contribution in [-0.4, -0.2) is 86.6 Å². The number of phenolic OH excluding ortho intramolecular Hbond substituents is 1. The Bertz CT molecular complexity index is 1870. The SMILES string of the molecule is C#Cc1cccc2cc(O)cc(-c3nc(CO)c4c(N5CC6CCC(C5)N6)nc(OC[C@@]56CCCN5C[C@H](F)C6)nc4c3F)c12. The minimum Gasteiger partial charge on any atom is -0.508 e. The summed E-state index contributed by atoms with van der Waals surface area (Å²) in [4.78, 5) is 18.3. The van der Waals surface area contributed by atoms with Crippen molar-refractivity contribution in [3.8, 4) is 35.4 Å². The summed E-state index contributed by atoms with van der Waals surface area (Å²) in [7, 11) is 0. The first-order valence-electron chi connectivity index (χ1n) is 15.6. The van der Waals surface area contributed by atoms with Crippen LogP contribution >= 0.6 is 0 Å². The van der Waals surface area contributed by atoms with Gasteiger partial charge in [-0.3, -0.25) is 4.90 Å². The maximum Gasteiger partial charge on any atom is 0.319 e. The molecule has 6 heterocycles. The average molecular weight is 613 g/mol. The molecule has 232 valence electrons. The number of anilines is 1. The second-order valence-electron chi connectivity index (χ2n) is 12.9. The summed E-state index contributed by atoms with van der Waals surface area (Å²) in [5.41, 5.74) is 0.441. The quantitative estimate of drug-likeness (QED) is 0.278. The van der Waals surface area contributed by atoms with E-state index in [1.807, 2.05) is 0 Å². The van der Waals surface area contributed by atoms with Crippen LogP contribution in [0.5, 0.6) is 11.8 Å². The number of aliphatic hydroxyl groups is 1. The van der Waals surface area contributed by atoms with Crippen LogP contribution in [0.25, 0.3) is 32.9 Å². The molecular formula is C34H34F2N6O3. The lowest BCUT2D eigenvalue weighted by Gasteiger charge is -2.35. The van der Waals surface area contributed by atoms with Crippen LogP contribution in [0, 0.1) is 18.2 Å². The predicted octanol–water partition coefficient (Wildman–Crippen LogP) is 4.06. The fourth-order valence-corrected chi connectivity index (χ4v) is 8.13. The van der Waals surface area contributed by atoms with Crippen LogP contribution in [-0.2, 0) is 6.61 Å². The molecule has 3 N–H and O–H groups in total. The first kappa shape index (κ1) is 28.4. The third kappa shape index (κ3) is 4.66. The van der Waals surface area contributed by atoms with E-state index in [1.54, 1.807) is 24.3 Å². The van der Waals surface area contributed by atoms with Gasteiger partial charge in [-0.05, 0) is 55.8 Å². The molecule has 0 aliphatic carbocycles. The molecule has 8 rings (SSSR count). The minimum atomic E-state index is -0.915. The number of piperazine rings is 1. The molecule has 2 unspecified atom stereocenters. The van der Waals surface area contributed by atoms with Gasteiger partial charge in [-0.15, -0.1) is 6.42 Å². The monoisotopic (exact) mass is 612 g/mol. The van der Waals surface area contributed by atoms with Gasteiger partial charge in [0.25, 0.3) is 0 Å². The molecule has 4 aromatic rings. The second-order valence-corrected chi connectivity index (χ2v) is 12.9. The summed E-state index contributed by atoms with van der Waals surface area (Å²) >= 11 is 0. The van der Waals surface area contributed by atoms with E-state index < -0.39 is 24.1 Å². The van der Waals surface area contributed by atoms with Crippen molar-refractivity contribution in [3.05, 3.63) is 47.4 Å². The highest BCUT2D eigenvalue weighted by Crippen LogP contribution is 2.42. The van der Waals surface area contributed by atoms with Crippen molar-refractivity contribution in [3.63, 3.8) is 0 Å². The fraction of sp³-hybridized carbons (Fsp3) is 0.441. The minimum absolute atomic E-state index is 0.00284.